The molecular formula is C30H42ClN3O6S. The Kier molecular flexibility index (Phi) is 12.1. The molecule has 0 bridgehead atoms. The molecule has 1 aliphatic rings. The number of anilines is 1. The molecule has 0 radical (unpaired) electrons. The lowest BCUT2D eigenvalue weighted by molar-refractivity contribution is -0.141. The van der Waals surface area contributed by atoms with Crippen molar-refractivity contribution >= 4 is 39.1 Å². The molecule has 1 aliphatic carbocycles. The van der Waals surface area contributed by atoms with Gasteiger partial charge in [-0.05, 0) is 61.6 Å². The molecular weight excluding hydrogens is 566 g/mol. The minimum absolute atomic E-state index is 0.0626. The minimum Gasteiger partial charge on any atom is -0.497 e. The Morgan fingerprint density at radius 3 is 2.41 bits per heavy atom. The van der Waals surface area contributed by atoms with Crippen LogP contribution in [0.15, 0.2) is 42.5 Å². The molecule has 1 unspecified atom stereocenters. The topological polar surface area (TPSA) is 105 Å². The average molecular weight is 608 g/mol. The van der Waals surface area contributed by atoms with E-state index >= 15 is 0 Å². The van der Waals surface area contributed by atoms with Gasteiger partial charge in [-0.25, -0.2) is 8.42 Å². The molecule has 1 saturated carbocycles. The highest BCUT2D eigenvalue weighted by Gasteiger charge is 2.30. The second kappa shape index (κ2) is 15.3. The summed E-state index contributed by atoms with van der Waals surface area (Å²) in [5.74, 6) is 0.724. The van der Waals surface area contributed by atoms with Crippen molar-refractivity contribution in [3.05, 3.63) is 53.1 Å². The molecule has 2 aromatic carbocycles. The van der Waals surface area contributed by atoms with Gasteiger partial charge in [0.25, 0.3) is 0 Å². The van der Waals surface area contributed by atoms with E-state index in [9.17, 15) is 18.0 Å². The van der Waals surface area contributed by atoms with Crippen molar-refractivity contribution in [2.45, 2.75) is 76.9 Å². The molecule has 0 aliphatic heterocycles. The van der Waals surface area contributed by atoms with E-state index in [1.807, 2.05) is 31.2 Å². The van der Waals surface area contributed by atoms with E-state index in [1.54, 1.807) is 24.1 Å². The smallest absolute Gasteiger partial charge is 0.243 e. The maximum Gasteiger partial charge on any atom is 0.243 e. The second-order valence-corrected chi connectivity index (χ2v) is 12.7. The number of methoxy groups -OCH3 is 2. The van der Waals surface area contributed by atoms with Gasteiger partial charge in [0.1, 0.15) is 17.5 Å². The lowest BCUT2D eigenvalue weighted by Crippen LogP contribution is -2.51. The zero-order valence-electron chi connectivity index (χ0n) is 24.4. The molecule has 1 atom stereocenters. The van der Waals surface area contributed by atoms with Gasteiger partial charge in [-0.2, -0.15) is 0 Å². The number of ether oxygens (including phenoxy) is 2. The molecule has 1 N–H and O–H groups in total. The van der Waals surface area contributed by atoms with Crippen molar-refractivity contribution in [1.82, 2.24) is 10.2 Å². The van der Waals surface area contributed by atoms with Crippen molar-refractivity contribution < 1.29 is 27.5 Å². The highest BCUT2D eigenvalue weighted by Crippen LogP contribution is 2.30. The number of nitrogens with zero attached hydrogens (tertiary/aromatic N) is 2. The third kappa shape index (κ3) is 9.26. The molecule has 9 nitrogen and oxygen atoms in total. The number of amides is 2. The van der Waals surface area contributed by atoms with E-state index in [0.29, 0.717) is 23.6 Å². The minimum atomic E-state index is -3.65. The van der Waals surface area contributed by atoms with Gasteiger partial charge in [-0.1, -0.05) is 49.9 Å². The Morgan fingerprint density at radius 1 is 1.07 bits per heavy atom. The average Bonchev–Trinajstić information content (AvgIpc) is 2.95. The molecule has 2 amide bonds. The summed E-state index contributed by atoms with van der Waals surface area (Å²) < 4.78 is 37.0. The van der Waals surface area contributed by atoms with Gasteiger partial charge < -0.3 is 19.7 Å². The van der Waals surface area contributed by atoms with Crippen molar-refractivity contribution in [3.8, 4) is 11.5 Å². The number of carbonyl (C=O) groups is 2. The van der Waals surface area contributed by atoms with Crippen molar-refractivity contribution in [2.24, 2.45) is 0 Å². The lowest BCUT2D eigenvalue weighted by Gasteiger charge is -2.33. The van der Waals surface area contributed by atoms with Gasteiger partial charge in [0.05, 0.1) is 31.2 Å². The van der Waals surface area contributed by atoms with Crippen LogP contribution in [0.5, 0.6) is 11.5 Å². The maximum absolute atomic E-state index is 13.7. The van der Waals surface area contributed by atoms with E-state index in [2.05, 4.69) is 5.32 Å². The van der Waals surface area contributed by atoms with E-state index in [0.717, 1.165) is 37.5 Å². The molecule has 41 heavy (non-hydrogen) atoms. The number of halogens is 1. The number of hydrogen-bond acceptors (Lipinski definition) is 6. The molecule has 0 spiro atoms. The van der Waals surface area contributed by atoms with Gasteiger partial charge in [-0.15, -0.1) is 0 Å². The fraction of sp³-hybridized carbons (Fsp3) is 0.533. The van der Waals surface area contributed by atoms with Crippen LogP contribution in [0.2, 0.25) is 5.02 Å². The molecule has 0 aromatic heterocycles. The van der Waals surface area contributed by atoms with Crippen LogP contribution in [0.3, 0.4) is 0 Å². The zero-order chi connectivity index (χ0) is 30.0. The molecule has 2 aromatic rings. The summed E-state index contributed by atoms with van der Waals surface area (Å²) in [5.41, 5.74) is 1.23. The fourth-order valence-corrected chi connectivity index (χ4v) is 6.45. The van der Waals surface area contributed by atoms with E-state index in [-0.39, 0.29) is 48.8 Å². The summed E-state index contributed by atoms with van der Waals surface area (Å²) in [4.78, 5) is 28.8. The van der Waals surface area contributed by atoms with Gasteiger partial charge in [0.15, 0.2) is 0 Å². The van der Waals surface area contributed by atoms with E-state index < -0.39 is 16.1 Å². The number of hydrogen-bond donors (Lipinski definition) is 1. The van der Waals surface area contributed by atoms with Crippen molar-refractivity contribution in [3.63, 3.8) is 0 Å². The van der Waals surface area contributed by atoms with Gasteiger partial charge in [0, 0.05) is 25.6 Å². The number of carbonyl (C=O) groups excluding carboxylic acids is 2. The molecule has 0 heterocycles. The number of sulfonamides is 1. The van der Waals surface area contributed by atoms with E-state index in [1.165, 1.54) is 23.9 Å². The summed E-state index contributed by atoms with van der Waals surface area (Å²) in [6.07, 6.45) is 7.13. The molecule has 3 rings (SSSR count). The van der Waals surface area contributed by atoms with Crippen LogP contribution in [0.4, 0.5) is 5.69 Å². The van der Waals surface area contributed by atoms with Crippen LogP contribution in [-0.2, 0) is 26.2 Å². The SMILES string of the molecule is CCC(C(=O)NC1CCCCC1)N(Cc1cccc(OC)c1)C(=O)CCCN(c1ccc(OC)c(Cl)c1)S(C)(=O)=O. The Balaban J connectivity index is 1.78. The Hall–Kier alpha value is -2.98. The summed E-state index contributed by atoms with van der Waals surface area (Å²) in [7, 11) is -0.584. The summed E-state index contributed by atoms with van der Waals surface area (Å²) in [6.45, 7) is 2.21. The van der Waals surface area contributed by atoms with Gasteiger partial charge in [-0.3, -0.25) is 13.9 Å². The first-order valence-corrected chi connectivity index (χ1v) is 16.3. The van der Waals surface area contributed by atoms with E-state index in [4.69, 9.17) is 21.1 Å². The lowest BCUT2D eigenvalue weighted by atomic mass is 9.95. The maximum atomic E-state index is 13.7. The molecule has 226 valence electrons. The highest BCUT2D eigenvalue weighted by atomic mass is 35.5. The fourth-order valence-electron chi connectivity index (χ4n) is 5.25. The summed E-state index contributed by atoms with van der Waals surface area (Å²) in [6, 6.07) is 11.6. The van der Waals surface area contributed by atoms with Crippen LogP contribution in [0, 0.1) is 0 Å². The van der Waals surface area contributed by atoms with Crippen LogP contribution in [0.1, 0.15) is 63.9 Å². The Bertz CT molecular complexity index is 1280. The van der Waals surface area contributed by atoms with Crippen LogP contribution < -0.4 is 19.1 Å². The largest absolute Gasteiger partial charge is 0.497 e. The molecule has 0 saturated heterocycles. The third-order valence-corrected chi connectivity index (χ3v) is 8.89. The number of benzene rings is 2. The standard InChI is InChI=1S/C30H42ClN3O6S/c1-5-27(30(36)32-23-12-7-6-8-13-23)33(21-22-11-9-14-25(19-22)39-2)29(35)15-10-18-34(41(4,37)38)24-16-17-28(40-3)26(31)20-24/h9,11,14,16-17,19-20,23,27H,5-8,10,12-13,15,18,21H2,1-4H3,(H,32,36). The normalized spacial score (nSPS) is 14.7. The quantitative estimate of drug-likeness (QED) is 0.318. The van der Waals surface area contributed by atoms with Gasteiger partial charge >= 0.3 is 0 Å². The number of nitrogens with one attached hydrogen (secondary N) is 1. The number of rotatable bonds is 14. The first-order valence-electron chi connectivity index (χ1n) is 14.1. The predicted molar refractivity (Wildman–Crippen MR) is 162 cm³/mol. The monoisotopic (exact) mass is 607 g/mol. The highest BCUT2D eigenvalue weighted by molar-refractivity contribution is 7.92. The Labute approximate surface area is 249 Å². The van der Waals surface area contributed by atoms with Crippen molar-refractivity contribution in [1.29, 1.82) is 0 Å². The summed E-state index contributed by atoms with van der Waals surface area (Å²) in [5, 5.41) is 3.46. The van der Waals surface area contributed by atoms with Gasteiger partial charge in [0.2, 0.25) is 21.8 Å². The first-order chi connectivity index (χ1) is 19.6. The molecule has 1 fully saturated rings. The zero-order valence-corrected chi connectivity index (χ0v) is 26.0. The predicted octanol–water partition coefficient (Wildman–Crippen LogP) is 5.16. The van der Waals surface area contributed by atoms with Crippen molar-refractivity contribution in [2.75, 3.05) is 31.3 Å². The summed E-state index contributed by atoms with van der Waals surface area (Å²) >= 11 is 6.24. The van der Waals surface area contributed by atoms with Crippen LogP contribution >= 0.6 is 11.6 Å². The van der Waals surface area contributed by atoms with Crippen LogP contribution in [-0.4, -0.2) is 64.2 Å². The first kappa shape index (κ1) is 32.5. The third-order valence-electron chi connectivity index (χ3n) is 7.40. The Morgan fingerprint density at radius 2 is 1.80 bits per heavy atom. The molecule has 11 heteroatoms. The second-order valence-electron chi connectivity index (χ2n) is 10.4. The van der Waals surface area contributed by atoms with Crippen LogP contribution in [0.25, 0.3) is 0 Å².